The van der Waals surface area contributed by atoms with Crippen molar-refractivity contribution in [1.29, 1.82) is 0 Å². The molecule has 0 aliphatic carbocycles. The third kappa shape index (κ3) is 3.58. The van der Waals surface area contributed by atoms with Crippen LogP contribution in [-0.2, 0) is 14.3 Å². The number of carboxylic acid groups (broad SMARTS) is 1. The van der Waals surface area contributed by atoms with E-state index in [0.29, 0.717) is 6.42 Å². The molecule has 0 aromatic carbocycles. The molecule has 1 fully saturated rings. The first-order valence-electron chi connectivity index (χ1n) is 6.20. The van der Waals surface area contributed by atoms with Crippen LogP contribution >= 0.6 is 0 Å². The Hall–Kier alpha value is -1.32. The van der Waals surface area contributed by atoms with Crippen LogP contribution in [0, 0.1) is 5.92 Å². The molecule has 1 heterocycles. The summed E-state index contributed by atoms with van der Waals surface area (Å²) in [6.45, 7) is 5.63. The Morgan fingerprint density at radius 2 is 2.00 bits per heavy atom. The van der Waals surface area contributed by atoms with Gasteiger partial charge < -0.3 is 9.84 Å². The second kappa shape index (κ2) is 6.42. The quantitative estimate of drug-likeness (QED) is 0.422. The molecule has 0 amide bonds. The molecule has 0 saturated carbocycles. The highest BCUT2D eigenvalue weighted by atomic mass is 16.6. The summed E-state index contributed by atoms with van der Waals surface area (Å²) in [5, 5.41) is 9.02. The largest absolute Gasteiger partial charge is 0.481 e. The number of carbonyl (C=O) groups excluding carboxylic acids is 1. The fourth-order valence-electron chi connectivity index (χ4n) is 2.12. The van der Waals surface area contributed by atoms with Crippen molar-refractivity contribution in [3.63, 3.8) is 0 Å². The molecule has 0 bridgehead atoms. The molecular formula is C13H20O4. The van der Waals surface area contributed by atoms with Crippen LogP contribution in [-0.4, -0.2) is 23.1 Å². The third-order valence-electron chi connectivity index (χ3n) is 3.13. The first-order chi connectivity index (χ1) is 8.07. The second-order valence-electron chi connectivity index (χ2n) is 4.49. The van der Waals surface area contributed by atoms with Crippen molar-refractivity contribution in [3.05, 3.63) is 12.2 Å². The summed E-state index contributed by atoms with van der Waals surface area (Å²) in [4.78, 5) is 22.3. The van der Waals surface area contributed by atoms with E-state index >= 15 is 0 Å². The molecule has 96 valence electrons. The van der Waals surface area contributed by atoms with Gasteiger partial charge in [-0.1, -0.05) is 39.2 Å². The summed E-state index contributed by atoms with van der Waals surface area (Å²) in [5.41, 5.74) is 0.0797. The van der Waals surface area contributed by atoms with E-state index in [9.17, 15) is 9.59 Å². The zero-order valence-electron chi connectivity index (χ0n) is 10.3. The Kier molecular flexibility index (Phi) is 5.19. The number of unbranched alkanes of at least 4 members (excludes halogenated alkanes) is 4. The lowest BCUT2D eigenvalue weighted by Gasteiger charge is -2.13. The van der Waals surface area contributed by atoms with Crippen molar-refractivity contribution in [2.45, 2.75) is 51.6 Å². The first-order valence-corrected chi connectivity index (χ1v) is 6.20. The Balaban J connectivity index is 2.39. The topological polar surface area (TPSA) is 63.6 Å². The van der Waals surface area contributed by atoms with Crippen molar-refractivity contribution < 1.29 is 19.4 Å². The molecule has 2 atom stereocenters. The van der Waals surface area contributed by atoms with E-state index in [4.69, 9.17) is 9.84 Å². The van der Waals surface area contributed by atoms with E-state index in [-0.39, 0.29) is 5.57 Å². The highest BCUT2D eigenvalue weighted by Gasteiger charge is 2.42. The molecule has 0 aromatic heterocycles. The van der Waals surface area contributed by atoms with E-state index < -0.39 is 24.0 Å². The maximum absolute atomic E-state index is 11.2. The summed E-state index contributed by atoms with van der Waals surface area (Å²) in [6, 6.07) is 0. The Labute approximate surface area is 102 Å². The van der Waals surface area contributed by atoms with E-state index in [2.05, 4.69) is 13.5 Å². The maximum atomic E-state index is 11.2. The first kappa shape index (κ1) is 13.7. The average molecular weight is 240 g/mol. The minimum absolute atomic E-state index is 0.0797. The van der Waals surface area contributed by atoms with Gasteiger partial charge in [0.25, 0.3) is 0 Å². The Bertz CT molecular complexity index is 309. The van der Waals surface area contributed by atoms with Crippen LogP contribution in [0.4, 0.5) is 0 Å². The van der Waals surface area contributed by atoms with Crippen LogP contribution in [0.15, 0.2) is 12.2 Å². The summed E-state index contributed by atoms with van der Waals surface area (Å²) in [6.07, 6.45) is 5.57. The molecule has 4 heteroatoms. The molecular weight excluding hydrogens is 220 g/mol. The summed E-state index contributed by atoms with van der Waals surface area (Å²) in [7, 11) is 0. The lowest BCUT2D eigenvalue weighted by Crippen LogP contribution is -2.24. The average Bonchev–Trinajstić information content (AvgIpc) is 2.54. The van der Waals surface area contributed by atoms with E-state index in [1.807, 2.05) is 0 Å². The number of carbonyl (C=O) groups is 2. The second-order valence-corrected chi connectivity index (χ2v) is 4.49. The minimum Gasteiger partial charge on any atom is -0.481 e. The number of esters is 1. The number of hydrogen-bond donors (Lipinski definition) is 1. The number of ether oxygens (including phenoxy) is 1. The van der Waals surface area contributed by atoms with Crippen molar-refractivity contribution in [2.24, 2.45) is 5.92 Å². The standard InChI is InChI=1S/C13H20O4/c1-3-4-5-6-7-8-10-11(12(14)15)9(2)13(16)17-10/h10-11H,2-8H2,1H3,(H,14,15)/t10-,11+/m0/s1. The van der Waals surface area contributed by atoms with Gasteiger partial charge in [0.2, 0.25) is 0 Å². The van der Waals surface area contributed by atoms with E-state index in [1.165, 1.54) is 12.8 Å². The van der Waals surface area contributed by atoms with Crippen molar-refractivity contribution in [1.82, 2.24) is 0 Å². The minimum atomic E-state index is -1.01. The maximum Gasteiger partial charge on any atom is 0.334 e. The van der Waals surface area contributed by atoms with Crippen LogP contribution in [0.3, 0.4) is 0 Å². The van der Waals surface area contributed by atoms with Gasteiger partial charge in [0.1, 0.15) is 12.0 Å². The molecule has 17 heavy (non-hydrogen) atoms. The van der Waals surface area contributed by atoms with Crippen molar-refractivity contribution in [2.75, 3.05) is 0 Å². The van der Waals surface area contributed by atoms with Gasteiger partial charge in [-0.15, -0.1) is 0 Å². The predicted octanol–water partition coefficient (Wildman–Crippen LogP) is 2.53. The van der Waals surface area contributed by atoms with Crippen LogP contribution in [0.25, 0.3) is 0 Å². The number of rotatable bonds is 7. The van der Waals surface area contributed by atoms with Gasteiger partial charge in [0.15, 0.2) is 0 Å². The van der Waals surface area contributed by atoms with Gasteiger partial charge in [0, 0.05) is 5.57 Å². The van der Waals surface area contributed by atoms with Crippen molar-refractivity contribution in [3.8, 4) is 0 Å². The lowest BCUT2D eigenvalue weighted by atomic mass is 9.93. The predicted molar refractivity (Wildman–Crippen MR) is 63.5 cm³/mol. The molecule has 0 spiro atoms. The van der Waals surface area contributed by atoms with E-state index in [1.54, 1.807) is 0 Å². The molecule has 1 saturated heterocycles. The fraction of sp³-hybridized carbons (Fsp3) is 0.692. The number of carboxylic acids is 1. The molecule has 1 aliphatic rings. The molecule has 0 aromatic rings. The Morgan fingerprint density at radius 1 is 1.35 bits per heavy atom. The van der Waals surface area contributed by atoms with Gasteiger partial charge in [-0.25, -0.2) is 4.79 Å². The van der Waals surface area contributed by atoms with Crippen molar-refractivity contribution >= 4 is 11.9 Å². The van der Waals surface area contributed by atoms with Gasteiger partial charge in [-0.3, -0.25) is 4.79 Å². The van der Waals surface area contributed by atoms with Crippen LogP contribution in [0.1, 0.15) is 45.4 Å². The molecule has 4 nitrogen and oxygen atoms in total. The molecule has 0 radical (unpaired) electrons. The van der Waals surface area contributed by atoms with Crippen LogP contribution in [0.2, 0.25) is 0 Å². The summed E-state index contributed by atoms with van der Waals surface area (Å²) in [5.74, 6) is -2.43. The highest BCUT2D eigenvalue weighted by Crippen LogP contribution is 2.30. The Morgan fingerprint density at radius 3 is 2.59 bits per heavy atom. The highest BCUT2D eigenvalue weighted by molar-refractivity contribution is 5.97. The molecule has 1 aliphatic heterocycles. The van der Waals surface area contributed by atoms with Gasteiger partial charge in [0.05, 0.1) is 0 Å². The lowest BCUT2D eigenvalue weighted by molar-refractivity contribution is -0.144. The number of cyclic esters (lactones) is 1. The zero-order chi connectivity index (χ0) is 12.8. The molecule has 1 N–H and O–H groups in total. The smallest absolute Gasteiger partial charge is 0.334 e. The van der Waals surface area contributed by atoms with Gasteiger partial charge in [-0.2, -0.15) is 0 Å². The van der Waals surface area contributed by atoms with Crippen LogP contribution < -0.4 is 0 Å². The third-order valence-corrected chi connectivity index (χ3v) is 3.13. The summed E-state index contributed by atoms with van der Waals surface area (Å²) < 4.78 is 5.03. The normalized spacial score (nSPS) is 23.8. The number of aliphatic carboxylic acids is 1. The summed E-state index contributed by atoms with van der Waals surface area (Å²) >= 11 is 0. The van der Waals surface area contributed by atoms with Gasteiger partial charge in [-0.05, 0) is 12.8 Å². The zero-order valence-corrected chi connectivity index (χ0v) is 10.3. The SMILES string of the molecule is C=C1C(=O)O[C@@H](CCCCCCC)[C@@H]1C(=O)O. The fourth-order valence-corrected chi connectivity index (χ4v) is 2.12. The molecule has 0 unspecified atom stereocenters. The van der Waals surface area contributed by atoms with E-state index in [0.717, 1.165) is 19.3 Å². The molecule has 1 rings (SSSR count). The van der Waals surface area contributed by atoms with Crippen LogP contribution in [0.5, 0.6) is 0 Å². The monoisotopic (exact) mass is 240 g/mol. The van der Waals surface area contributed by atoms with Gasteiger partial charge >= 0.3 is 11.9 Å². The number of hydrogen-bond acceptors (Lipinski definition) is 3.